The van der Waals surface area contributed by atoms with Gasteiger partial charge in [-0.1, -0.05) is 13.0 Å². The molecule has 0 fully saturated rings. The van der Waals surface area contributed by atoms with Crippen LogP contribution in [0.15, 0.2) is 12.2 Å². The Morgan fingerprint density at radius 2 is 2.22 bits per heavy atom. The van der Waals surface area contributed by atoms with Crippen molar-refractivity contribution in [2.45, 2.75) is 13.3 Å². The van der Waals surface area contributed by atoms with Crippen molar-refractivity contribution in [3.8, 4) is 0 Å². The molecule has 0 atom stereocenters. The maximum absolute atomic E-state index is 10.4. The lowest BCUT2D eigenvalue weighted by Crippen LogP contribution is -2.13. The molecule has 54 valence electrons. The fraction of sp³-hybridized carbons (Fsp3) is 0.500. The van der Waals surface area contributed by atoms with E-state index in [1.54, 1.807) is 7.05 Å². The first kappa shape index (κ1) is 11.3. The van der Waals surface area contributed by atoms with Crippen molar-refractivity contribution in [3.63, 3.8) is 0 Å². The summed E-state index contributed by atoms with van der Waals surface area (Å²) in [6.07, 6.45) is 4.26. The molecule has 3 heteroatoms. The fourth-order valence-corrected chi connectivity index (χ4v) is 0.308. The second kappa shape index (κ2) is 7.50. The monoisotopic (exact) mass is 149 g/mol. The highest BCUT2D eigenvalue weighted by Crippen LogP contribution is 1.77. The zero-order valence-corrected chi connectivity index (χ0v) is 6.49. The molecule has 0 aromatic carbocycles. The van der Waals surface area contributed by atoms with Crippen molar-refractivity contribution in [2.24, 2.45) is 0 Å². The molecule has 0 saturated carbocycles. The second-order valence-electron chi connectivity index (χ2n) is 1.42. The number of carbonyl (C=O) groups is 1. The van der Waals surface area contributed by atoms with E-state index in [0.717, 1.165) is 6.42 Å². The molecule has 9 heavy (non-hydrogen) atoms. The summed E-state index contributed by atoms with van der Waals surface area (Å²) in [5.41, 5.74) is 0. The van der Waals surface area contributed by atoms with Crippen LogP contribution in [-0.4, -0.2) is 13.0 Å². The molecule has 1 N–H and O–H groups in total. The first-order chi connectivity index (χ1) is 3.81. The maximum atomic E-state index is 10.4. The van der Waals surface area contributed by atoms with Gasteiger partial charge < -0.3 is 5.32 Å². The number of carbonyl (C=O) groups excluding carboxylic acids is 1. The largest absolute Gasteiger partial charge is 0.356 e. The molecular formula is C6H12ClNO. The molecule has 0 rings (SSSR count). The highest BCUT2D eigenvalue weighted by molar-refractivity contribution is 5.87. The number of halogens is 1. The van der Waals surface area contributed by atoms with E-state index in [0.29, 0.717) is 0 Å². The number of allylic oxidation sites excluding steroid dienone is 1. The number of hydrogen-bond acceptors (Lipinski definition) is 1. The summed E-state index contributed by atoms with van der Waals surface area (Å²) < 4.78 is 0. The van der Waals surface area contributed by atoms with Crippen LogP contribution in [0.2, 0.25) is 0 Å². The van der Waals surface area contributed by atoms with Gasteiger partial charge in [0, 0.05) is 7.05 Å². The van der Waals surface area contributed by atoms with E-state index in [1.807, 2.05) is 13.0 Å². The van der Waals surface area contributed by atoms with Gasteiger partial charge in [0.2, 0.25) is 5.91 Å². The minimum Gasteiger partial charge on any atom is -0.356 e. The lowest BCUT2D eigenvalue weighted by atomic mass is 10.4. The molecule has 0 spiro atoms. The zero-order chi connectivity index (χ0) is 6.41. The van der Waals surface area contributed by atoms with Crippen LogP contribution in [0.4, 0.5) is 0 Å². The molecule has 0 aromatic rings. The second-order valence-corrected chi connectivity index (χ2v) is 1.42. The quantitative estimate of drug-likeness (QED) is 0.586. The molecule has 0 bridgehead atoms. The third kappa shape index (κ3) is 7.50. The van der Waals surface area contributed by atoms with Crippen LogP contribution in [0.5, 0.6) is 0 Å². The van der Waals surface area contributed by atoms with Crippen LogP contribution >= 0.6 is 12.4 Å². The van der Waals surface area contributed by atoms with Crippen LogP contribution in [-0.2, 0) is 4.79 Å². The highest BCUT2D eigenvalue weighted by Gasteiger charge is 1.82. The number of likely N-dealkylation sites (N-methyl/N-ethyl adjacent to an activating group) is 1. The van der Waals surface area contributed by atoms with Crippen molar-refractivity contribution >= 4 is 18.3 Å². The Morgan fingerprint density at radius 1 is 1.67 bits per heavy atom. The van der Waals surface area contributed by atoms with Crippen molar-refractivity contribution in [2.75, 3.05) is 7.05 Å². The van der Waals surface area contributed by atoms with Gasteiger partial charge in [0.15, 0.2) is 0 Å². The van der Waals surface area contributed by atoms with Crippen molar-refractivity contribution in [3.05, 3.63) is 12.2 Å². The van der Waals surface area contributed by atoms with Gasteiger partial charge >= 0.3 is 0 Å². The minimum absolute atomic E-state index is 0. The molecule has 0 aliphatic carbocycles. The normalized spacial score (nSPS) is 8.67. The van der Waals surface area contributed by atoms with E-state index in [4.69, 9.17) is 0 Å². The van der Waals surface area contributed by atoms with E-state index in [-0.39, 0.29) is 18.3 Å². The van der Waals surface area contributed by atoms with Gasteiger partial charge in [0.05, 0.1) is 0 Å². The molecule has 0 aromatic heterocycles. The standard InChI is InChI=1S/C6H11NO.ClH/c1-3-4-5-6(8)7-2;/h4-5H,3H2,1-2H3,(H,7,8);1H. The van der Waals surface area contributed by atoms with Gasteiger partial charge in [-0.15, -0.1) is 12.4 Å². The molecule has 0 heterocycles. The Morgan fingerprint density at radius 3 is 2.56 bits per heavy atom. The summed E-state index contributed by atoms with van der Waals surface area (Å²) in [7, 11) is 1.61. The topological polar surface area (TPSA) is 29.1 Å². The molecule has 0 saturated heterocycles. The highest BCUT2D eigenvalue weighted by atomic mass is 35.5. The first-order valence-corrected chi connectivity index (χ1v) is 2.69. The summed E-state index contributed by atoms with van der Waals surface area (Å²) >= 11 is 0. The average molecular weight is 150 g/mol. The smallest absolute Gasteiger partial charge is 0.243 e. The number of rotatable bonds is 2. The van der Waals surface area contributed by atoms with Gasteiger partial charge in [0.25, 0.3) is 0 Å². The van der Waals surface area contributed by atoms with E-state index in [9.17, 15) is 4.79 Å². The Bertz CT molecular complexity index is 101. The molecule has 1 amide bonds. The minimum atomic E-state index is -0.0353. The Balaban J connectivity index is 0. The SMILES string of the molecule is CCC=CC(=O)NC.Cl. The third-order valence-corrected chi connectivity index (χ3v) is 0.751. The summed E-state index contributed by atoms with van der Waals surface area (Å²) in [6.45, 7) is 1.99. The molecule has 0 aliphatic rings. The van der Waals surface area contributed by atoms with E-state index < -0.39 is 0 Å². The summed E-state index contributed by atoms with van der Waals surface area (Å²) in [4.78, 5) is 10.4. The summed E-state index contributed by atoms with van der Waals surface area (Å²) in [6, 6.07) is 0. The lowest BCUT2D eigenvalue weighted by Gasteiger charge is -1.85. The van der Waals surface area contributed by atoms with Crippen molar-refractivity contribution < 1.29 is 4.79 Å². The van der Waals surface area contributed by atoms with E-state index in [2.05, 4.69) is 5.32 Å². The molecule has 0 aliphatic heterocycles. The molecule has 0 unspecified atom stereocenters. The van der Waals surface area contributed by atoms with Crippen LogP contribution < -0.4 is 5.32 Å². The lowest BCUT2D eigenvalue weighted by molar-refractivity contribution is -0.116. The third-order valence-electron chi connectivity index (χ3n) is 0.751. The van der Waals surface area contributed by atoms with Crippen LogP contribution in [0.1, 0.15) is 13.3 Å². The maximum Gasteiger partial charge on any atom is 0.243 e. The Kier molecular flexibility index (Phi) is 9.43. The number of nitrogens with one attached hydrogen (secondary N) is 1. The van der Waals surface area contributed by atoms with E-state index in [1.165, 1.54) is 6.08 Å². The van der Waals surface area contributed by atoms with Crippen LogP contribution in [0, 0.1) is 0 Å². The van der Waals surface area contributed by atoms with Gasteiger partial charge in [-0.25, -0.2) is 0 Å². The predicted octanol–water partition coefficient (Wildman–Crippen LogP) is 1.12. The first-order valence-electron chi connectivity index (χ1n) is 2.69. The van der Waals surface area contributed by atoms with Crippen LogP contribution in [0.3, 0.4) is 0 Å². The summed E-state index contributed by atoms with van der Waals surface area (Å²) in [5.74, 6) is -0.0353. The molecule has 2 nitrogen and oxygen atoms in total. The molecule has 0 radical (unpaired) electrons. The number of hydrogen-bond donors (Lipinski definition) is 1. The fourth-order valence-electron chi connectivity index (χ4n) is 0.308. The van der Waals surface area contributed by atoms with Crippen LogP contribution in [0.25, 0.3) is 0 Å². The average Bonchev–Trinajstić information content (AvgIpc) is 1.83. The van der Waals surface area contributed by atoms with E-state index >= 15 is 0 Å². The Labute approximate surface area is 61.7 Å². The van der Waals surface area contributed by atoms with Gasteiger partial charge in [0.1, 0.15) is 0 Å². The van der Waals surface area contributed by atoms with Crippen molar-refractivity contribution in [1.29, 1.82) is 0 Å². The van der Waals surface area contributed by atoms with Gasteiger partial charge in [-0.05, 0) is 12.5 Å². The molecular weight excluding hydrogens is 138 g/mol. The van der Waals surface area contributed by atoms with Gasteiger partial charge in [-0.3, -0.25) is 4.79 Å². The summed E-state index contributed by atoms with van der Waals surface area (Å²) in [5, 5.41) is 2.47. The zero-order valence-electron chi connectivity index (χ0n) is 5.68. The van der Waals surface area contributed by atoms with Gasteiger partial charge in [-0.2, -0.15) is 0 Å². The number of amides is 1. The predicted molar refractivity (Wildman–Crippen MR) is 40.7 cm³/mol. The Hall–Kier alpha value is -0.500. The van der Waals surface area contributed by atoms with Crippen molar-refractivity contribution in [1.82, 2.24) is 5.32 Å².